The molecular weight excluding hydrogens is 316 g/mol. The van der Waals surface area contributed by atoms with Gasteiger partial charge in [-0.05, 0) is 44.0 Å². The second-order valence-corrected chi connectivity index (χ2v) is 6.30. The van der Waals surface area contributed by atoms with Crippen LogP contribution in [0.3, 0.4) is 0 Å². The van der Waals surface area contributed by atoms with Gasteiger partial charge >= 0.3 is 0 Å². The van der Waals surface area contributed by atoms with E-state index in [4.69, 9.17) is 0 Å². The highest BCUT2D eigenvalue weighted by Crippen LogP contribution is 2.13. The first-order valence-electron chi connectivity index (χ1n) is 7.44. The van der Waals surface area contributed by atoms with Crippen molar-refractivity contribution in [2.45, 2.75) is 38.6 Å². The van der Waals surface area contributed by atoms with E-state index in [1.165, 1.54) is 19.3 Å². The van der Waals surface area contributed by atoms with Crippen molar-refractivity contribution in [3.05, 3.63) is 34.3 Å². The van der Waals surface area contributed by atoms with Gasteiger partial charge in [-0.1, -0.05) is 34.5 Å². The fourth-order valence-corrected chi connectivity index (χ4v) is 2.91. The predicted octanol–water partition coefficient (Wildman–Crippen LogP) is 2.98. The summed E-state index contributed by atoms with van der Waals surface area (Å²) >= 11 is 3.42. The van der Waals surface area contributed by atoms with Gasteiger partial charge in [0.1, 0.15) is 0 Å². The SMILES string of the molecule is CCN(CC1CCCCN1)C(=O)Cc1ccc(Br)cc1. The number of nitrogens with one attached hydrogen (secondary N) is 1. The van der Waals surface area contributed by atoms with E-state index in [-0.39, 0.29) is 5.91 Å². The third kappa shape index (κ3) is 4.60. The van der Waals surface area contributed by atoms with Crippen LogP contribution in [-0.4, -0.2) is 36.5 Å². The summed E-state index contributed by atoms with van der Waals surface area (Å²) in [6.07, 6.45) is 4.21. The zero-order chi connectivity index (χ0) is 14.4. The molecule has 20 heavy (non-hydrogen) atoms. The lowest BCUT2D eigenvalue weighted by Crippen LogP contribution is -2.46. The van der Waals surface area contributed by atoms with Crippen LogP contribution >= 0.6 is 15.9 Å². The average Bonchev–Trinajstić information content (AvgIpc) is 2.48. The highest BCUT2D eigenvalue weighted by molar-refractivity contribution is 9.10. The molecular formula is C16H23BrN2O. The summed E-state index contributed by atoms with van der Waals surface area (Å²) in [7, 11) is 0. The number of likely N-dealkylation sites (N-methyl/N-ethyl adjacent to an activating group) is 1. The largest absolute Gasteiger partial charge is 0.341 e. The summed E-state index contributed by atoms with van der Waals surface area (Å²) in [6, 6.07) is 8.46. The highest BCUT2D eigenvalue weighted by Gasteiger charge is 2.19. The molecule has 1 amide bonds. The van der Waals surface area contributed by atoms with E-state index < -0.39 is 0 Å². The Balaban J connectivity index is 1.89. The normalized spacial score (nSPS) is 18.8. The summed E-state index contributed by atoms with van der Waals surface area (Å²) < 4.78 is 1.05. The molecule has 1 aromatic carbocycles. The Labute approximate surface area is 129 Å². The minimum atomic E-state index is 0.224. The molecule has 1 atom stereocenters. The molecule has 0 aliphatic carbocycles. The molecule has 0 aromatic heterocycles. The Morgan fingerprint density at radius 2 is 2.10 bits per heavy atom. The van der Waals surface area contributed by atoms with Crippen molar-refractivity contribution in [3.8, 4) is 0 Å². The Morgan fingerprint density at radius 1 is 1.35 bits per heavy atom. The first kappa shape index (κ1) is 15.5. The van der Waals surface area contributed by atoms with E-state index in [1.54, 1.807) is 0 Å². The number of amides is 1. The van der Waals surface area contributed by atoms with E-state index in [9.17, 15) is 4.79 Å². The Hall–Kier alpha value is -0.870. The summed E-state index contributed by atoms with van der Waals surface area (Å²) in [5.74, 6) is 0.224. The van der Waals surface area contributed by atoms with Crippen LogP contribution in [0.1, 0.15) is 31.7 Å². The number of benzene rings is 1. The van der Waals surface area contributed by atoms with Crippen molar-refractivity contribution in [1.82, 2.24) is 10.2 Å². The Kier molecular flexibility index (Phi) is 6.05. The maximum atomic E-state index is 12.4. The van der Waals surface area contributed by atoms with Crippen molar-refractivity contribution in [2.75, 3.05) is 19.6 Å². The van der Waals surface area contributed by atoms with Gasteiger partial charge in [0.05, 0.1) is 6.42 Å². The number of halogens is 1. The third-order valence-electron chi connectivity index (χ3n) is 3.86. The topological polar surface area (TPSA) is 32.3 Å². The minimum absolute atomic E-state index is 0.224. The maximum Gasteiger partial charge on any atom is 0.227 e. The van der Waals surface area contributed by atoms with Crippen molar-refractivity contribution < 1.29 is 4.79 Å². The van der Waals surface area contributed by atoms with Crippen molar-refractivity contribution >= 4 is 21.8 Å². The van der Waals surface area contributed by atoms with Crippen LogP contribution in [0.2, 0.25) is 0 Å². The van der Waals surface area contributed by atoms with Crippen LogP contribution < -0.4 is 5.32 Å². The standard InChI is InChI=1S/C16H23BrN2O/c1-2-19(12-15-5-3-4-10-18-15)16(20)11-13-6-8-14(17)9-7-13/h6-9,15,18H,2-5,10-12H2,1H3. The maximum absolute atomic E-state index is 12.4. The van der Waals surface area contributed by atoms with Gasteiger partial charge in [0, 0.05) is 23.6 Å². The van der Waals surface area contributed by atoms with E-state index >= 15 is 0 Å². The second-order valence-electron chi connectivity index (χ2n) is 5.38. The van der Waals surface area contributed by atoms with Gasteiger partial charge in [0.2, 0.25) is 5.91 Å². The number of nitrogens with zero attached hydrogens (tertiary/aromatic N) is 1. The smallest absolute Gasteiger partial charge is 0.227 e. The highest BCUT2D eigenvalue weighted by atomic mass is 79.9. The van der Waals surface area contributed by atoms with Crippen LogP contribution in [0.25, 0.3) is 0 Å². The van der Waals surface area contributed by atoms with Gasteiger partial charge in [-0.2, -0.15) is 0 Å². The number of hydrogen-bond donors (Lipinski definition) is 1. The third-order valence-corrected chi connectivity index (χ3v) is 4.38. The molecule has 0 bridgehead atoms. The summed E-state index contributed by atoms with van der Waals surface area (Å²) in [5, 5.41) is 3.51. The minimum Gasteiger partial charge on any atom is -0.341 e. The number of rotatable bonds is 5. The van der Waals surface area contributed by atoms with Crippen molar-refractivity contribution in [1.29, 1.82) is 0 Å². The van der Waals surface area contributed by atoms with Crippen LogP contribution in [0, 0.1) is 0 Å². The molecule has 3 nitrogen and oxygen atoms in total. The van der Waals surface area contributed by atoms with Crippen molar-refractivity contribution in [2.24, 2.45) is 0 Å². The van der Waals surface area contributed by atoms with Gasteiger partial charge in [-0.25, -0.2) is 0 Å². The molecule has 110 valence electrons. The molecule has 1 unspecified atom stereocenters. The molecule has 4 heteroatoms. The van der Waals surface area contributed by atoms with Gasteiger partial charge in [0.25, 0.3) is 0 Å². The molecule has 1 aromatic rings. The molecule has 1 N–H and O–H groups in total. The zero-order valence-corrected chi connectivity index (χ0v) is 13.7. The molecule has 1 aliphatic rings. The predicted molar refractivity (Wildman–Crippen MR) is 85.7 cm³/mol. The lowest BCUT2D eigenvalue weighted by atomic mass is 10.0. The fourth-order valence-electron chi connectivity index (χ4n) is 2.64. The number of carbonyl (C=O) groups is 1. The van der Waals surface area contributed by atoms with Gasteiger partial charge < -0.3 is 10.2 Å². The van der Waals surface area contributed by atoms with E-state index in [1.807, 2.05) is 29.2 Å². The Bertz CT molecular complexity index is 427. The molecule has 0 saturated carbocycles. The van der Waals surface area contributed by atoms with Gasteiger partial charge in [-0.3, -0.25) is 4.79 Å². The monoisotopic (exact) mass is 338 g/mol. The molecule has 0 radical (unpaired) electrons. The molecule has 1 fully saturated rings. The fraction of sp³-hybridized carbons (Fsp3) is 0.562. The van der Waals surface area contributed by atoms with Gasteiger partial charge in [0.15, 0.2) is 0 Å². The summed E-state index contributed by atoms with van der Waals surface area (Å²) in [5.41, 5.74) is 1.08. The van der Waals surface area contributed by atoms with Crippen LogP contribution in [-0.2, 0) is 11.2 Å². The average molecular weight is 339 g/mol. The molecule has 0 spiro atoms. The molecule has 1 aliphatic heterocycles. The molecule has 1 saturated heterocycles. The summed E-state index contributed by atoms with van der Waals surface area (Å²) in [6.45, 7) is 4.77. The number of piperidine rings is 1. The van der Waals surface area contributed by atoms with Crippen LogP contribution in [0.15, 0.2) is 28.7 Å². The Morgan fingerprint density at radius 3 is 2.70 bits per heavy atom. The first-order valence-corrected chi connectivity index (χ1v) is 8.24. The van der Waals surface area contributed by atoms with Gasteiger partial charge in [-0.15, -0.1) is 0 Å². The number of hydrogen-bond acceptors (Lipinski definition) is 2. The second kappa shape index (κ2) is 7.79. The quantitative estimate of drug-likeness (QED) is 0.895. The van der Waals surface area contributed by atoms with Crippen LogP contribution in [0.5, 0.6) is 0 Å². The van der Waals surface area contributed by atoms with E-state index in [2.05, 4.69) is 28.2 Å². The summed E-state index contributed by atoms with van der Waals surface area (Å²) in [4.78, 5) is 14.4. The molecule has 2 rings (SSSR count). The molecule has 1 heterocycles. The van der Waals surface area contributed by atoms with Crippen LogP contribution in [0.4, 0.5) is 0 Å². The first-order chi connectivity index (χ1) is 9.69. The van der Waals surface area contributed by atoms with E-state index in [0.29, 0.717) is 12.5 Å². The zero-order valence-electron chi connectivity index (χ0n) is 12.1. The lowest BCUT2D eigenvalue weighted by molar-refractivity contribution is -0.130. The van der Waals surface area contributed by atoms with E-state index in [0.717, 1.165) is 29.7 Å². The number of carbonyl (C=O) groups excluding carboxylic acids is 1. The lowest BCUT2D eigenvalue weighted by Gasteiger charge is -2.30. The van der Waals surface area contributed by atoms with Crippen molar-refractivity contribution in [3.63, 3.8) is 0 Å².